The highest BCUT2D eigenvalue weighted by molar-refractivity contribution is 5.97. The van der Waals surface area contributed by atoms with Crippen LogP contribution in [-0.2, 0) is 0 Å². The Morgan fingerprint density at radius 3 is 2.59 bits per heavy atom. The van der Waals surface area contributed by atoms with Crippen LogP contribution in [0.5, 0.6) is 0 Å². The molecule has 1 amide bonds. The third kappa shape index (κ3) is 4.63. The molecule has 1 heterocycles. The van der Waals surface area contributed by atoms with Crippen molar-refractivity contribution < 1.29 is 4.79 Å². The highest BCUT2D eigenvalue weighted by atomic mass is 16.1. The van der Waals surface area contributed by atoms with Crippen molar-refractivity contribution >= 4 is 28.2 Å². The van der Waals surface area contributed by atoms with Gasteiger partial charge < -0.3 is 15.5 Å². The van der Waals surface area contributed by atoms with E-state index in [1.54, 1.807) is 0 Å². The number of hydrogen-bond donors (Lipinski definition) is 2. The Balaban J connectivity index is 1.86. The third-order valence-corrected chi connectivity index (χ3v) is 4.46. The number of carbonyl (C=O) groups is 1. The molecule has 0 fully saturated rings. The van der Waals surface area contributed by atoms with Crippen molar-refractivity contribution in [3.05, 3.63) is 65.4 Å². The highest BCUT2D eigenvalue weighted by Gasteiger charge is 2.10. The molecule has 0 aliphatic carbocycles. The van der Waals surface area contributed by atoms with E-state index in [0.29, 0.717) is 12.1 Å². The molecule has 27 heavy (non-hydrogen) atoms. The van der Waals surface area contributed by atoms with Gasteiger partial charge in [-0.1, -0.05) is 24.3 Å². The van der Waals surface area contributed by atoms with E-state index >= 15 is 0 Å². The number of para-hydroxylation sites is 1. The second kappa shape index (κ2) is 8.18. The Morgan fingerprint density at radius 1 is 1.04 bits per heavy atom. The minimum atomic E-state index is -0.0596. The summed E-state index contributed by atoms with van der Waals surface area (Å²) >= 11 is 0. The Morgan fingerprint density at radius 2 is 1.81 bits per heavy atom. The van der Waals surface area contributed by atoms with Crippen molar-refractivity contribution in [3.8, 4) is 0 Å². The van der Waals surface area contributed by atoms with Gasteiger partial charge in [0, 0.05) is 41.1 Å². The minimum Gasteiger partial charge on any atom is -0.355 e. The number of carbonyl (C=O) groups excluding carboxylic acids is 1. The van der Waals surface area contributed by atoms with E-state index in [1.807, 2.05) is 75.3 Å². The maximum atomic E-state index is 12.4. The molecule has 0 unspecified atom stereocenters. The molecular formula is C22H26N4O. The first-order valence-electron chi connectivity index (χ1n) is 9.11. The Hall–Kier alpha value is -2.92. The van der Waals surface area contributed by atoms with Crippen molar-refractivity contribution in [1.29, 1.82) is 0 Å². The normalized spacial score (nSPS) is 11.0. The van der Waals surface area contributed by atoms with Gasteiger partial charge in [-0.25, -0.2) is 0 Å². The maximum absolute atomic E-state index is 12.4. The summed E-state index contributed by atoms with van der Waals surface area (Å²) in [6.45, 7) is 5.45. The van der Waals surface area contributed by atoms with Crippen molar-refractivity contribution in [1.82, 2.24) is 15.2 Å². The molecular weight excluding hydrogens is 336 g/mol. The number of benzene rings is 2. The van der Waals surface area contributed by atoms with Crippen LogP contribution < -0.4 is 10.6 Å². The first kappa shape index (κ1) is 18.9. The van der Waals surface area contributed by atoms with Gasteiger partial charge in [0.25, 0.3) is 5.91 Å². The Bertz CT molecular complexity index is 966. The van der Waals surface area contributed by atoms with Crippen LogP contribution in [0.1, 0.15) is 21.6 Å². The summed E-state index contributed by atoms with van der Waals surface area (Å²) < 4.78 is 0. The molecule has 3 rings (SSSR count). The van der Waals surface area contributed by atoms with E-state index in [9.17, 15) is 4.79 Å². The third-order valence-electron chi connectivity index (χ3n) is 4.46. The van der Waals surface area contributed by atoms with Crippen molar-refractivity contribution in [2.45, 2.75) is 13.8 Å². The molecule has 2 N–H and O–H groups in total. The quantitative estimate of drug-likeness (QED) is 0.699. The number of nitrogens with one attached hydrogen (secondary N) is 2. The topological polar surface area (TPSA) is 57.3 Å². The van der Waals surface area contributed by atoms with Crippen LogP contribution in [0.2, 0.25) is 0 Å². The molecule has 0 spiro atoms. The number of aryl methyl sites for hydroxylation is 2. The van der Waals surface area contributed by atoms with Gasteiger partial charge in [-0.15, -0.1) is 0 Å². The lowest BCUT2D eigenvalue weighted by Gasteiger charge is -2.15. The summed E-state index contributed by atoms with van der Waals surface area (Å²) in [7, 11) is 3.97. The number of nitrogens with zero attached hydrogens (tertiary/aromatic N) is 2. The van der Waals surface area contributed by atoms with Gasteiger partial charge in [-0.05, 0) is 57.8 Å². The molecule has 0 aliphatic heterocycles. The summed E-state index contributed by atoms with van der Waals surface area (Å²) in [6.07, 6.45) is 0. The molecule has 0 bridgehead atoms. The average molecular weight is 362 g/mol. The Kier molecular flexibility index (Phi) is 5.72. The molecule has 0 atom stereocenters. The van der Waals surface area contributed by atoms with Crippen molar-refractivity contribution in [2.75, 3.05) is 32.5 Å². The number of amides is 1. The Labute approximate surface area is 160 Å². The molecule has 2 aromatic carbocycles. The van der Waals surface area contributed by atoms with Crippen LogP contribution >= 0.6 is 0 Å². The number of anilines is 2. The molecule has 0 saturated heterocycles. The first-order chi connectivity index (χ1) is 12.9. The van der Waals surface area contributed by atoms with Gasteiger partial charge in [0.2, 0.25) is 0 Å². The van der Waals surface area contributed by atoms with E-state index < -0.39 is 0 Å². The molecule has 0 aliphatic rings. The van der Waals surface area contributed by atoms with Gasteiger partial charge in [-0.3, -0.25) is 9.78 Å². The first-order valence-corrected chi connectivity index (χ1v) is 9.11. The van der Waals surface area contributed by atoms with E-state index in [-0.39, 0.29) is 5.91 Å². The predicted octanol–water partition coefficient (Wildman–Crippen LogP) is 3.89. The standard InChI is InChI=1S/C22H26N4O/c1-15-9-10-17(22(27)23-11-12-26(3)4)14-20(15)25-21-13-16(2)24-19-8-6-5-7-18(19)21/h5-10,13-14H,11-12H2,1-4H3,(H,23,27)(H,24,25). The van der Waals surface area contributed by atoms with E-state index in [2.05, 4.69) is 21.7 Å². The zero-order valence-electron chi connectivity index (χ0n) is 16.3. The lowest BCUT2D eigenvalue weighted by Crippen LogP contribution is -2.31. The van der Waals surface area contributed by atoms with Crippen LogP contribution in [0, 0.1) is 13.8 Å². The summed E-state index contributed by atoms with van der Waals surface area (Å²) in [5.74, 6) is -0.0596. The highest BCUT2D eigenvalue weighted by Crippen LogP contribution is 2.28. The van der Waals surface area contributed by atoms with Crippen LogP contribution in [0.3, 0.4) is 0 Å². The molecule has 5 nitrogen and oxygen atoms in total. The predicted molar refractivity (Wildman–Crippen MR) is 112 cm³/mol. The maximum Gasteiger partial charge on any atom is 0.251 e. The summed E-state index contributed by atoms with van der Waals surface area (Å²) in [6, 6.07) is 15.8. The lowest BCUT2D eigenvalue weighted by molar-refractivity contribution is 0.0951. The molecule has 0 radical (unpaired) electrons. The largest absolute Gasteiger partial charge is 0.355 e. The minimum absolute atomic E-state index is 0.0596. The van der Waals surface area contributed by atoms with Gasteiger partial charge >= 0.3 is 0 Å². The number of likely N-dealkylation sites (N-methyl/N-ethyl adjacent to an activating group) is 1. The van der Waals surface area contributed by atoms with Crippen LogP contribution in [-0.4, -0.2) is 43.0 Å². The summed E-state index contributed by atoms with van der Waals surface area (Å²) in [5.41, 5.74) is 5.55. The zero-order chi connectivity index (χ0) is 19.4. The fourth-order valence-corrected chi connectivity index (χ4v) is 2.95. The van der Waals surface area contributed by atoms with Crippen LogP contribution in [0.25, 0.3) is 10.9 Å². The van der Waals surface area contributed by atoms with Gasteiger partial charge in [0.05, 0.1) is 5.52 Å². The van der Waals surface area contributed by atoms with Crippen molar-refractivity contribution in [3.63, 3.8) is 0 Å². The average Bonchev–Trinajstić information content (AvgIpc) is 2.63. The molecule has 3 aromatic rings. The summed E-state index contributed by atoms with van der Waals surface area (Å²) in [4.78, 5) is 19.1. The number of pyridine rings is 1. The lowest BCUT2D eigenvalue weighted by atomic mass is 10.1. The smallest absolute Gasteiger partial charge is 0.251 e. The fraction of sp³-hybridized carbons (Fsp3) is 0.273. The molecule has 0 saturated carbocycles. The second-order valence-corrected chi connectivity index (χ2v) is 7.04. The monoisotopic (exact) mass is 362 g/mol. The van der Waals surface area contributed by atoms with Gasteiger partial charge in [0.15, 0.2) is 0 Å². The van der Waals surface area contributed by atoms with E-state index in [4.69, 9.17) is 0 Å². The molecule has 140 valence electrons. The molecule has 1 aromatic heterocycles. The SMILES string of the molecule is Cc1cc(Nc2cc(C(=O)NCCN(C)C)ccc2C)c2ccccc2n1. The van der Waals surface area contributed by atoms with Crippen LogP contribution in [0.4, 0.5) is 11.4 Å². The fourth-order valence-electron chi connectivity index (χ4n) is 2.95. The molecule has 5 heteroatoms. The number of aromatic nitrogens is 1. The zero-order valence-corrected chi connectivity index (χ0v) is 16.3. The van der Waals surface area contributed by atoms with E-state index in [0.717, 1.165) is 40.1 Å². The number of rotatable bonds is 6. The second-order valence-electron chi connectivity index (χ2n) is 7.04. The number of hydrogen-bond acceptors (Lipinski definition) is 4. The number of fused-ring (bicyclic) bond motifs is 1. The van der Waals surface area contributed by atoms with Gasteiger partial charge in [0.1, 0.15) is 0 Å². The van der Waals surface area contributed by atoms with Crippen molar-refractivity contribution in [2.24, 2.45) is 0 Å². The summed E-state index contributed by atoms with van der Waals surface area (Å²) in [5, 5.41) is 7.52. The van der Waals surface area contributed by atoms with Gasteiger partial charge in [-0.2, -0.15) is 0 Å². The van der Waals surface area contributed by atoms with E-state index in [1.165, 1.54) is 0 Å². The van der Waals surface area contributed by atoms with Crippen LogP contribution in [0.15, 0.2) is 48.5 Å².